The normalized spacial score (nSPS) is 24.3. The molecule has 0 aromatic heterocycles. The molecule has 3 aliphatic rings. The monoisotopic (exact) mass is 546 g/mol. The van der Waals surface area contributed by atoms with Crippen molar-refractivity contribution in [2.24, 2.45) is 23.7 Å². The second kappa shape index (κ2) is 11.3. The third-order valence-electron chi connectivity index (χ3n) is 9.03. The zero-order valence-corrected chi connectivity index (χ0v) is 23.5. The summed E-state index contributed by atoms with van der Waals surface area (Å²) in [4.78, 5) is 27.6. The molecule has 4 atom stereocenters. The summed E-state index contributed by atoms with van der Waals surface area (Å²) in [6, 6.07) is 24.5. The minimum absolute atomic E-state index is 0.0112. The van der Waals surface area contributed by atoms with Gasteiger partial charge in [0, 0.05) is 23.0 Å². The summed E-state index contributed by atoms with van der Waals surface area (Å²) in [5.41, 5.74) is 6.40. The van der Waals surface area contributed by atoms with Gasteiger partial charge in [-0.1, -0.05) is 92.2 Å². The summed E-state index contributed by atoms with van der Waals surface area (Å²) in [6.45, 7) is 4.28. The van der Waals surface area contributed by atoms with E-state index in [4.69, 9.17) is 4.65 Å². The molecule has 0 bridgehead atoms. The molecule has 1 fully saturated rings. The lowest BCUT2D eigenvalue weighted by Crippen LogP contribution is -2.51. The molecule has 2 N–H and O–H groups in total. The van der Waals surface area contributed by atoms with Gasteiger partial charge in [-0.2, -0.15) is 0 Å². The summed E-state index contributed by atoms with van der Waals surface area (Å²) in [5.74, 6) is -0.666. The zero-order valence-electron chi connectivity index (χ0n) is 23.5. The number of fused-ring (bicyclic) bond motifs is 4. The molecule has 3 aromatic rings. The number of hydrogen-bond donors (Lipinski definition) is 2. The van der Waals surface area contributed by atoms with Gasteiger partial charge in [0.2, 0.25) is 0 Å². The number of carbonyl (C=O) groups is 2. The maximum absolute atomic E-state index is 13.9. The van der Waals surface area contributed by atoms with Crippen LogP contribution in [0.3, 0.4) is 0 Å². The SMILES string of the molecule is CC(C)C1=C2[C@@H](CC/C(=C/c3cccc(O)c3)c3ccccc3)OB(O)C[C@@H]2[C@@H]2C(=O)c3ccccc3C(=O)[C@@H]2C1. The van der Waals surface area contributed by atoms with Crippen molar-refractivity contribution in [2.45, 2.75) is 45.5 Å². The first kappa shape index (κ1) is 27.4. The zero-order chi connectivity index (χ0) is 28.7. The van der Waals surface area contributed by atoms with E-state index >= 15 is 0 Å². The summed E-state index contributed by atoms with van der Waals surface area (Å²) >= 11 is 0. The molecule has 6 rings (SSSR count). The lowest BCUT2D eigenvalue weighted by Gasteiger charge is -2.48. The second-order valence-corrected chi connectivity index (χ2v) is 11.8. The van der Waals surface area contributed by atoms with E-state index in [-0.39, 0.29) is 35.3 Å². The van der Waals surface area contributed by atoms with Crippen LogP contribution in [0.2, 0.25) is 6.32 Å². The summed E-state index contributed by atoms with van der Waals surface area (Å²) in [6.07, 6.45) is 3.87. The van der Waals surface area contributed by atoms with Crippen molar-refractivity contribution in [3.63, 3.8) is 0 Å². The van der Waals surface area contributed by atoms with Crippen molar-refractivity contribution in [2.75, 3.05) is 0 Å². The number of phenolic OH excluding ortho intramolecular Hbond substituents is 1. The summed E-state index contributed by atoms with van der Waals surface area (Å²) < 4.78 is 6.24. The van der Waals surface area contributed by atoms with Gasteiger partial charge in [0.15, 0.2) is 11.6 Å². The van der Waals surface area contributed by atoms with Gasteiger partial charge in [0.1, 0.15) is 5.75 Å². The fourth-order valence-electron chi connectivity index (χ4n) is 7.21. The molecular weight excluding hydrogens is 511 g/mol. The lowest BCUT2D eigenvalue weighted by atomic mass is 9.53. The number of aromatic hydroxyl groups is 1. The molecule has 3 aromatic carbocycles. The Balaban J connectivity index is 1.37. The summed E-state index contributed by atoms with van der Waals surface area (Å²) in [5, 5.41) is 21.0. The first-order valence-electron chi connectivity index (χ1n) is 14.6. The van der Waals surface area contributed by atoms with Gasteiger partial charge in [0.25, 0.3) is 0 Å². The van der Waals surface area contributed by atoms with Crippen LogP contribution in [0.25, 0.3) is 11.6 Å². The van der Waals surface area contributed by atoms with Gasteiger partial charge in [-0.3, -0.25) is 9.59 Å². The van der Waals surface area contributed by atoms with E-state index in [9.17, 15) is 19.7 Å². The van der Waals surface area contributed by atoms with Crippen molar-refractivity contribution < 1.29 is 24.4 Å². The standard InChI is InChI=1S/C35H35BO5/c1-21(2)28-19-29-33(35(39)27-14-7-6-13-26(27)34(29)38)30-20-36(40)41-31(32(28)30)16-15-24(23-10-4-3-5-11-23)17-22-9-8-12-25(37)18-22/h3-14,17-18,21,29-31,33,37,40H,15-16,19-20H2,1-2H3/b24-17-/t29-,30+,31-,33-/m1/s1. The smallest absolute Gasteiger partial charge is 0.455 e. The Hall–Kier alpha value is -3.74. The van der Waals surface area contributed by atoms with Gasteiger partial charge in [-0.25, -0.2) is 0 Å². The highest BCUT2D eigenvalue weighted by molar-refractivity contribution is 6.43. The number of hydrogen-bond acceptors (Lipinski definition) is 5. The van der Waals surface area contributed by atoms with Crippen LogP contribution in [-0.2, 0) is 4.65 Å². The molecule has 208 valence electrons. The van der Waals surface area contributed by atoms with Crippen LogP contribution in [0, 0.1) is 23.7 Å². The molecule has 0 radical (unpaired) electrons. The van der Waals surface area contributed by atoms with Crippen LogP contribution >= 0.6 is 0 Å². The minimum Gasteiger partial charge on any atom is -0.508 e. The van der Waals surface area contributed by atoms with E-state index in [2.05, 4.69) is 32.1 Å². The van der Waals surface area contributed by atoms with Crippen LogP contribution in [-0.4, -0.2) is 34.9 Å². The largest absolute Gasteiger partial charge is 0.508 e. The van der Waals surface area contributed by atoms with Crippen LogP contribution in [0.5, 0.6) is 5.75 Å². The van der Waals surface area contributed by atoms with Gasteiger partial charge < -0.3 is 14.8 Å². The van der Waals surface area contributed by atoms with Crippen LogP contribution < -0.4 is 0 Å². The molecule has 0 spiro atoms. The molecule has 1 heterocycles. The fraction of sp³-hybridized carbons (Fsp3) is 0.314. The number of phenols is 1. The van der Waals surface area contributed by atoms with Gasteiger partial charge in [-0.05, 0) is 71.8 Å². The molecule has 0 amide bonds. The third kappa shape index (κ3) is 5.23. The maximum atomic E-state index is 13.9. The lowest BCUT2D eigenvalue weighted by molar-refractivity contribution is 0.0594. The second-order valence-electron chi connectivity index (χ2n) is 11.8. The Bertz CT molecular complexity index is 1540. The minimum atomic E-state index is -1.00. The van der Waals surface area contributed by atoms with Crippen LogP contribution in [0.4, 0.5) is 0 Å². The average Bonchev–Trinajstić information content (AvgIpc) is 2.97. The molecule has 41 heavy (non-hydrogen) atoms. The first-order chi connectivity index (χ1) is 19.8. The molecule has 1 saturated heterocycles. The Kier molecular flexibility index (Phi) is 7.54. The Morgan fingerprint density at radius 2 is 1.66 bits per heavy atom. The van der Waals surface area contributed by atoms with E-state index in [0.29, 0.717) is 36.7 Å². The van der Waals surface area contributed by atoms with Crippen molar-refractivity contribution in [3.8, 4) is 5.75 Å². The number of ketones is 2. The topological polar surface area (TPSA) is 83.8 Å². The molecular formula is C35H35BO5. The maximum Gasteiger partial charge on any atom is 0.455 e. The van der Waals surface area contributed by atoms with E-state index in [1.807, 2.05) is 42.5 Å². The van der Waals surface area contributed by atoms with Crippen LogP contribution in [0.1, 0.15) is 65.0 Å². The van der Waals surface area contributed by atoms with Crippen LogP contribution in [0.15, 0.2) is 90.0 Å². The van der Waals surface area contributed by atoms with Crippen molar-refractivity contribution >= 4 is 30.3 Å². The number of benzene rings is 3. The molecule has 5 nitrogen and oxygen atoms in total. The van der Waals surface area contributed by atoms with E-state index in [0.717, 1.165) is 22.3 Å². The number of rotatable bonds is 6. The predicted octanol–water partition coefficient (Wildman–Crippen LogP) is 6.88. The van der Waals surface area contributed by atoms with E-state index in [1.54, 1.807) is 24.3 Å². The molecule has 6 heteroatoms. The highest BCUT2D eigenvalue weighted by Gasteiger charge is 2.53. The van der Waals surface area contributed by atoms with Gasteiger partial charge in [0.05, 0.1) is 6.10 Å². The number of Topliss-reactive ketones (excluding diaryl/α,β-unsaturated/α-hetero) is 2. The highest BCUT2D eigenvalue weighted by atomic mass is 16.5. The summed E-state index contributed by atoms with van der Waals surface area (Å²) in [7, 11) is -1.00. The Morgan fingerprint density at radius 3 is 2.37 bits per heavy atom. The van der Waals surface area contributed by atoms with Crippen molar-refractivity contribution in [1.29, 1.82) is 0 Å². The molecule has 1 aliphatic heterocycles. The highest BCUT2D eigenvalue weighted by Crippen LogP contribution is 2.52. The average molecular weight is 546 g/mol. The van der Waals surface area contributed by atoms with E-state index < -0.39 is 19.0 Å². The van der Waals surface area contributed by atoms with Gasteiger partial charge >= 0.3 is 7.12 Å². The fourth-order valence-corrected chi connectivity index (χ4v) is 7.21. The third-order valence-corrected chi connectivity index (χ3v) is 9.03. The number of allylic oxidation sites excluding steroid dienone is 2. The molecule has 0 unspecified atom stereocenters. The molecule has 2 aliphatic carbocycles. The number of carbonyl (C=O) groups excluding carboxylic acids is 2. The first-order valence-corrected chi connectivity index (χ1v) is 14.6. The Labute approximate surface area is 241 Å². The van der Waals surface area contributed by atoms with E-state index in [1.165, 1.54) is 5.57 Å². The Morgan fingerprint density at radius 1 is 0.951 bits per heavy atom. The van der Waals surface area contributed by atoms with Crippen molar-refractivity contribution in [3.05, 3.63) is 112 Å². The van der Waals surface area contributed by atoms with Crippen molar-refractivity contribution in [1.82, 2.24) is 0 Å². The molecule has 0 saturated carbocycles. The quantitative estimate of drug-likeness (QED) is 0.200. The van der Waals surface area contributed by atoms with Gasteiger partial charge in [-0.15, -0.1) is 0 Å². The predicted molar refractivity (Wildman–Crippen MR) is 161 cm³/mol.